The molecule has 0 saturated heterocycles. The predicted octanol–water partition coefficient (Wildman–Crippen LogP) is 1.94. The zero-order chi connectivity index (χ0) is 16.6. The van der Waals surface area contributed by atoms with Crippen LogP contribution in [-0.2, 0) is 11.3 Å². The summed E-state index contributed by atoms with van der Waals surface area (Å²) in [6.07, 6.45) is 1.40. The first-order valence-corrected chi connectivity index (χ1v) is 6.65. The molecule has 0 atom stereocenters. The van der Waals surface area contributed by atoms with Gasteiger partial charge in [-0.05, 0) is 23.8 Å². The van der Waals surface area contributed by atoms with E-state index in [1.54, 1.807) is 12.1 Å². The Morgan fingerprint density at radius 3 is 2.83 bits per heavy atom. The van der Waals surface area contributed by atoms with E-state index >= 15 is 0 Å². The zero-order valence-electron chi connectivity index (χ0n) is 12.1. The smallest absolute Gasteiger partial charge is 0.356 e. The molecule has 0 bridgehead atoms. The van der Waals surface area contributed by atoms with Gasteiger partial charge < -0.3 is 9.64 Å². The first-order chi connectivity index (χ1) is 11.0. The van der Waals surface area contributed by atoms with Crippen LogP contribution in [0.15, 0.2) is 36.5 Å². The Bertz CT molecular complexity index is 834. The van der Waals surface area contributed by atoms with Crippen LogP contribution in [0.3, 0.4) is 0 Å². The third-order valence-electron chi connectivity index (χ3n) is 3.56. The molecule has 0 saturated carbocycles. The van der Waals surface area contributed by atoms with Crippen LogP contribution in [0.1, 0.15) is 26.4 Å². The maximum absolute atomic E-state index is 12.5. The number of nitrogens with zero attached hydrogens (tertiary/aromatic N) is 3. The summed E-state index contributed by atoms with van der Waals surface area (Å²) in [5.74, 6) is -0.961. The minimum Gasteiger partial charge on any atom is -0.464 e. The predicted molar refractivity (Wildman–Crippen MR) is 79.2 cm³/mol. The van der Waals surface area contributed by atoms with Crippen LogP contribution >= 0.6 is 0 Å². The number of anilines is 1. The molecule has 1 aromatic carbocycles. The van der Waals surface area contributed by atoms with Gasteiger partial charge in [0.25, 0.3) is 11.6 Å². The summed E-state index contributed by atoms with van der Waals surface area (Å²) in [6.45, 7) is 0.275. The summed E-state index contributed by atoms with van der Waals surface area (Å²) >= 11 is 0. The highest BCUT2D eigenvalue weighted by atomic mass is 16.6. The second-order valence-electron chi connectivity index (χ2n) is 4.88. The van der Waals surface area contributed by atoms with E-state index in [1.165, 1.54) is 36.4 Å². The van der Waals surface area contributed by atoms with Crippen molar-refractivity contribution in [3.63, 3.8) is 0 Å². The van der Waals surface area contributed by atoms with Crippen molar-refractivity contribution in [2.75, 3.05) is 12.0 Å². The van der Waals surface area contributed by atoms with Crippen molar-refractivity contribution >= 4 is 23.3 Å². The SMILES string of the molecule is COC(=O)c1cc(N2Cc3ccc([N+](=O)[O-])cc3C2=O)ccn1. The van der Waals surface area contributed by atoms with Crippen LogP contribution in [0.25, 0.3) is 0 Å². The first-order valence-electron chi connectivity index (χ1n) is 6.65. The lowest BCUT2D eigenvalue weighted by Crippen LogP contribution is -2.23. The molecule has 23 heavy (non-hydrogen) atoms. The second-order valence-corrected chi connectivity index (χ2v) is 4.88. The molecule has 8 heteroatoms. The molecule has 3 rings (SSSR count). The number of hydrogen-bond acceptors (Lipinski definition) is 6. The van der Waals surface area contributed by atoms with Gasteiger partial charge in [-0.3, -0.25) is 14.9 Å². The minimum atomic E-state index is -0.605. The van der Waals surface area contributed by atoms with E-state index in [9.17, 15) is 19.7 Å². The van der Waals surface area contributed by atoms with Crippen molar-refractivity contribution in [2.45, 2.75) is 6.54 Å². The van der Waals surface area contributed by atoms with Crippen LogP contribution in [0.5, 0.6) is 0 Å². The van der Waals surface area contributed by atoms with Crippen molar-refractivity contribution in [3.05, 3.63) is 63.5 Å². The number of methoxy groups -OCH3 is 1. The number of carbonyl (C=O) groups excluding carboxylic acids is 2. The molecule has 1 amide bonds. The highest BCUT2D eigenvalue weighted by molar-refractivity contribution is 6.10. The summed E-state index contributed by atoms with van der Waals surface area (Å²) in [7, 11) is 1.24. The normalized spacial score (nSPS) is 12.9. The Balaban J connectivity index is 1.96. The molecule has 116 valence electrons. The van der Waals surface area contributed by atoms with Gasteiger partial charge in [0.05, 0.1) is 24.1 Å². The van der Waals surface area contributed by atoms with Crippen LogP contribution in [0.2, 0.25) is 0 Å². The third kappa shape index (κ3) is 2.50. The monoisotopic (exact) mass is 313 g/mol. The van der Waals surface area contributed by atoms with Gasteiger partial charge in [0.1, 0.15) is 5.69 Å². The molecule has 1 aromatic heterocycles. The van der Waals surface area contributed by atoms with E-state index in [1.807, 2.05) is 0 Å². The van der Waals surface area contributed by atoms with Gasteiger partial charge in [-0.25, -0.2) is 9.78 Å². The molecule has 0 aliphatic carbocycles. The number of pyridine rings is 1. The standard InChI is InChI=1S/C15H11N3O5/c1-23-15(20)13-7-10(4-5-16-13)17-8-9-2-3-11(18(21)22)6-12(9)14(17)19/h2-7H,8H2,1H3. The fourth-order valence-electron chi connectivity index (χ4n) is 2.41. The molecular formula is C15H11N3O5. The lowest BCUT2D eigenvalue weighted by molar-refractivity contribution is -0.384. The topological polar surface area (TPSA) is 103 Å². The molecule has 0 N–H and O–H groups in total. The average molecular weight is 313 g/mol. The van der Waals surface area contributed by atoms with Gasteiger partial charge >= 0.3 is 5.97 Å². The molecule has 0 unspecified atom stereocenters. The minimum absolute atomic E-state index is 0.0831. The summed E-state index contributed by atoms with van der Waals surface area (Å²) in [5, 5.41) is 10.8. The van der Waals surface area contributed by atoms with Gasteiger partial charge in [-0.15, -0.1) is 0 Å². The molecule has 0 radical (unpaired) electrons. The summed E-state index contributed by atoms with van der Waals surface area (Å²) in [5.41, 5.74) is 1.40. The lowest BCUT2D eigenvalue weighted by Gasteiger charge is -2.15. The molecule has 0 spiro atoms. The molecule has 8 nitrogen and oxygen atoms in total. The average Bonchev–Trinajstić information content (AvgIpc) is 2.90. The van der Waals surface area contributed by atoms with Crippen molar-refractivity contribution in [2.24, 2.45) is 0 Å². The Hall–Kier alpha value is -3.29. The van der Waals surface area contributed by atoms with Crippen LogP contribution < -0.4 is 4.90 Å². The van der Waals surface area contributed by atoms with Crippen LogP contribution in [-0.4, -0.2) is 28.9 Å². The van der Waals surface area contributed by atoms with E-state index in [-0.39, 0.29) is 29.4 Å². The first kappa shape index (κ1) is 14.6. The molecular weight excluding hydrogens is 302 g/mol. The third-order valence-corrected chi connectivity index (χ3v) is 3.56. The Kier molecular flexibility index (Phi) is 3.49. The van der Waals surface area contributed by atoms with Gasteiger partial charge in [-0.2, -0.15) is 0 Å². The van der Waals surface area contributed by atoms with Gasteiger partial charge in [0.2, 0.25) is 0 Å². The number of aromatic nitrogens is 1. The number of nitro groups is 1. The molecule has 2 heterocycles. The Morgan fingerprint density at radius 2 is 2.13 bits per heavy atom. The summed E-state index contributed by atoms with van der Waals surface area (Å²) in [4.78, 5) is 39.6. The van der Waals surface area contributed by atoms with Crippen molar-refractivity contribution < 1.29 is 19.2 Å². The van der Waals surface area contributed by atoms with E-state index in [0.29, 0.717) is 11.3 Å². The lowest BCUT2D eigenvalue weighted by atomic mass is 10.1. The van der Waals surface area contributed by atoms with E-state index in [4.69, 9.17) is 0 Å². The number of esters is 1. The number of amides is 1. The Labute approximate surface area is 130 Å². The number of non-ortho nitro benzene ring substituents is 1. The van der Waals surface area contributed by atoms with Gasteiger partial charge in [-0.1, -0.05) is 0 Å². The largest absolute Gasteiger partial charge is 0.464 e. The highest BCUT2D eigenvalue weighted by Crippen LogP contribution is 2.30. The van der Waals surface area contributed by atoms with Crippen molar-refractivity contribution in [1.29, 1.82) is 0 Å². The quantitative estimate of drug-likeness (QED) is 0.487. The second kappa shape index (κ2) is 5.48. The Morgan fingerprint density at radius 1 is 1.35 bits per heavy atom. The fourth-order valence-corrected chi connectivity index (χ4v) is 2.41. The number of carbonyl (C=O) groups is 2. The number of benzene rings is 1. The van der Waals surface area contributed by atoms with Crippen LogP contribution in [0, 0.1) is 10.1 Å². The number of hydrogen-bond donors (Lipinski definition) is 0. The summed E-state index contributed by atoms with van der Waals surface area (Å²) in [6, 6.07) is 7.23. The maximum Gasteiger partial charge on any atom is 0.356 e. The molecule has 1 aliphatic heterocycles. The van der Waals surface area contributed by atoms with Crippen molar-refractivity contribution in [3.8, 4) is 0 Å². The number of rotatable bonds is 3. The van der Waals surface area contributed by atoms with E-state index < -0.39 is 10.9 Å². The van der Waals surface area contributed by atoms with Crippen LogP contribution in [0.4, 0.5) is 11.4 Å². The van der Waals surface area contributed by atoms with E-state index in [0.717, 1.165) is 0 Å². The zero-order valence-corrected chi connectivity index (χ0v) is 12.1. The van der Waals surface area contributed by atoms with Crippen molar-refractivity contribution in [1.82, 2.24) is 4.98 Å². The van der Waals surface area contributed by atoms with Gasteiger partial charge in [0.15, 0.2) is 0 Å². The molecule has 0 fully saturated rings. The molecule has 1 aliphatic rings. The van der Waals surface area contributed by atoms with E-state index in [2.05, 4.69) is 9.72 Å². The number of nitro benzene ring substituents is 1. The summed E-state index contributed by atoms with van der Waals surface area (Å²) < 4.78 is 4.60. The number of fused-ring (bicyclic) bond motifs is 1. The maximum atomic E-state index is 12.5. The number of ether oxygens (including phenoxy) is 1. The molecule has 2 aromatic rings. The highest BCUT2D eigenvalue weighted by Gasteiger charge is 2.30. The fraction of sp³-hybridized carbons (Fsp3) is 0.133. The van der Waals surface area contributed by atoms with Gasteiger partial charge in [0, 0.05) is 24.0 Å².